The van der Waals surface area contributed by atoms with Crippen LogP contribution in [0.15, 0.2) is 6.20 Å². The summed E-state index contributed by atoms with van der Waals surface area (Å²) in [5.74, 6) is 0. The second kappa shape index (κ2) is 10.8. The molecule has 0 aromatic carbocycles. The summed E-state index contributed by atoms with van der Waals surface area (Å²) in [6.45, 7) is 4.47. The van der Waals surface area contributed by atoms with Gasteiger partial charge in [0.05, 0.1) is 5.69 Å². The summed E-state index contributed by atoms with van der Waals surface area (Å²) in [5.41, 5.74) is 2.64. The molecule has 21 heavy (non-hydrogen) atoms. The molecule has 1 atom stereocenters. The van der Waals surface area contributed by atoms with Crippen molar-refractivity contribution in [3.8, 4) is 0 Å². The minimum atomic E-state index is 0.466. The molecule has 0 amide bonds. The van der Waals surface area contributed by atoms with E-state index in [2.05, 4.69) is 37.5 Å². The monoisotopic (exact) mass is 293 g/mol. The minimum Gasteiger partial charge on any atom is -0.313 e. The Hall–Kier alpha value is -0.830. The molecule has 1 heterocycles. The van der Waals surface area contributed by atoms with Crippen molar-refractivity contribution in [1.29, 1.82) is 0 Å². The predicted molar refractivity (Wildman–Crippen MR) is 91.6 cm³/mol. The Bertz CT molecular complexity index is 371. The lowest BCUT2D eigenvalue weighted by atomic mass is 9.99. The van der Waals surface area contributed by atoms with Crippen molar-refractivity contribution in [3.63, 3.8) is 0 Å². The number of rotatable bonds is 12. The molecule has 0 aliphatic carbocycles. The maximum Gasteiger partial charge on any atom is 0.0669 e. The second-order valence-corrected chi connectivity index (χ2v) is 6.16. The third-order valence-electron chi connectivity index (χ3n) is 4.34. The van der Waals surface area contributed by atoms with E-state index >= 15 is 0 Å². The highest BCUT2D eigenvalue weighted by Crippen LogP contribution is 2.23. The first kappa shape index (κ1) is 18.2. The van der Waals surface area contributed by atoms with E-state index in [0.29, 0.717) is 6.04 Å². The van der Waals surface area contributed by atoms with Gasteiger partial charge >= 0.3 is 0 Å². The fourth-order valence-electron chi connectivity index (χ4n) is 3.06. The predicted octanol–water partition coefficient (Wildman–Crippen LogP) is 4.77. The normalized spacial score (nSPS) is 12.8. The topological polar surface area (TPSA) is 29.9 Å². The van der Waals surface area contributed by atoms with Gasteiger partial charge in [-0.2, -0.15) is 5.10 Å². The van der Waals surface area contributed by atoms with Crippen LogP contribution in [0.2, 0.25) is 0 Å². The van der Waals surface area contributed by atoms with Crippen LogP contribution in [0.25, 0.3) is 0 Å². The average molecular weight is 293 g/mol. The van der Waals surface area contributed by atoms with E-state index in [1.807, 2.05) is 11.7 Å². The van der Waals surface area contributed by atoms with Gasteiger partial charge in [0.2, 0.25) is 0 Å². The van der Waals surface area contributed by atoms with E-state index in [1.54, 1.807) is 0 Å². The molecule has 0 saturated carbocycles. The zero-order valence-corrected chi connectivity index (χ0v) is 14.6. The van der Waals surface area contributed by atoms with Crippen molar-refractivity contribution < 1.29 is 0 Å². The van der Waals surface area contributed by atoms with Crippen LogP contribution in [-0.4, -0.2) is 16.8 Å². The van der Waals surface area contributed by atoms with Gasteiger partial charge in [0, 0.05) is 24.8 Å². The summed E-state index contributed by atoms with van der Waals surface area (Å²) in [5, 5.41) is 8.03. The van der Waals surface area contributed by atoms with Gasteiger partial charge in [-0.15, -0.1) is 0 Å². The highest BCUT2D eigenvalue weighted by Gasteiger charge is 2.15. The summed E-state index contributed by atoms with van der Waals surface area (Å²) >= 11 is 0. The molecule has 0 fully saturated rings. The molecule has 1 aromatic rings. The van der Waals surface area contributed by atoms with Gasteiger partial charge in [0.1, 0.15) is 0 Å². The smallest absolute Gasteiger partial charge is 0.0669 e. The van der Waals surface area contributed by atoms with Gasteiger partial charge in [-0.1, -0.05) is 65.2 Å². The molecule has 1 N–H and O–H groups in total. The number of hydrogen-bond donors (Lipinski definition) is 1. The minimum absolute atomic E-state index is 0.466. The molecule has 0 aliphatic heterocycles. The largest absolute Gasteiger partial charge is 0.313 e. The van der Waals surface area contributed by atoms with E-state index in [1.165, 1.54) is 69.0 Å². The fraction of sp³-hybridized carbons (Fsp3) is 0.833. The van der Waals surface area contributed by atoms with Gasteiger partial charge in [0.25, 0.3) is 0 Å². The van der Waals surface area contributed by atoms with Gasteiger partial charge < -0.3 is 5.32 Å². The molecule has 3 nitrogen and oxygen atoms in total. The Kier molecular flexibility index (Phi) is 9.40. The second-order valence-electron chi connectivity index (χ2n) is 6.16. The SMILES string of the molecule is CCCCCCCCCCC(NC)c1cn(C)nc1CC. The molecule has 0 bridgehead atoms. The number of aryl methyl sites for hydroxylation is 2. The summed E-state index contributed by atoms with van der Waals surface area (Å²) < 4.78 is 1.95. The Labute approximate surface area is 131 Å². The zero-order chi connectivity index (χ0) is 15.5. The molecular formula is C18H35N3. The van der Waals surface area contributed by atoms with Crippen molar-refractivity contribution in [2.75, 3.05) is 7.05 Å². The molecule has 1 unspecified atom stereocenters. The molecule has 0 spiro atoms. The van der Waals surface area contributed by atoms with Crippen LogP contribution < -0.4 is 5.32 Å². The summed E-state index contributed by atoms with van der Waals surface area (Å²) in [6.07, 6.45) is 15.5. The lowest BCUT2D eigenvalue weighted by molar-refractivity contribution is 0.492. The highest BCUT2D eigenvalue weighted by atomic mass is 15.3. The number of nitrogens with one attached hydrogen (secondary N) is 1. The quantitative estimate of drug-likeness (QED) is 0.562. The van der Waals surface area contributed by atoms with Gasteiger partial charge in [-0.25, -0.2) is 0 Å². The number of hydrogen-bond acceptors (Lipinski definition) is 2. The van der Waals surface area contributed by atoms with Gasteiger partial charge in [0.15, 0.2) is 0 Å². The molecule has 3 heteroatoms. The van der Waals surface area contributed by atoms with Crippen molar-refractivity contribution >= 4 is 0 Å². The van der Waals surface area contributed by atoms with E-state index in [4.69, 9.17) is 0 Å². The molecule has 122 valence electrons. The Morgan fingerprint density at radius 2 is 1.67 bits per heavy atom. The summed E-state index contributed by atoms with van der Waals surface area (Å²) in [7, 11) is 4.09. The summed E-state index contributed by atoms with van der Waals surface area (Å²) in [6, 6.07) is 0.466. The molecule has 0 saturated heterocycles. The molecule has 0 radical (unpaired) electrons. The maximum atomic E-state index is 4.56. The van der Waals surface area contributed by atoms with E-state index in [9.17, 15) is 0 Å². The lowest BCUT2D eigenvalue weighted by Gasteiger charge is -2.16. The molecule has 0 aliphatic rings. The van der Waals surface area contributed by atoms with E-state index < -0.39 is 0 Å². The lowest BCUT2D eigenvalue weighted by Crippen LogP contribution is -2.17. The van der Waals surface area contributed by atoms with Crippen LogP contribution in [-0.2, 0) is 13.5 Å². The standard InChI is InChI=1S/C18H35N3/c1-5-7-8-9-10-11-12-13-14-18(19-3)16-15-21(4)20-17(16)6-2/h15,18-19H,5-14H2,1-4H3. The van der Waals surface area contributed by atoms with Crippen LogP contribution in [0.1, 0.15) is 88.9 Å². The third-order valence-corrected chi connectivity index (χ3v) is 4.34. The van der Waals surface area contributed by atoms with E-state index in [0.717, 1.165) is 6.42 Å². The van der Waals surface area contributed by atoms with Crippen LogP contribution in [0.5, 0.6) is 0 Å². The van der Waals surface area contributed by atoms with Gasteiger partial charge in [-0.05, 0) is 19.9 Å². The number of aromatic nitrogens is 2. The Morgan fingerprint density at radius 3 is 2.24 bits per heavy atom. The zero-order valence-electron chi connectivity index (χ0n) is 14.6. The Balaban J connectivity index is 2.25. The summed E-state index contributed by atoms with van der Waals surface area (Å²) in [4.78, 5) is 0. The van der Waals surface area contributed by atoms with Crippen molar-refractivity contribution in [1.82, 2.24) is 15.1 Å². The number of nitrogens with zero attached hydrogens (tertiary/aromatic N) is 2. The van der Waals surface area contributed by atoms with Crippen molar-refractivity contribution in [2.24, 2.45) is 7.05 Å². The van der Waals surface area contributed by atoms with Crippen molar-refractivity contribution in [3.05, 3.63) is 17.5 Å². The van der Waals surface area contributed by atoms with Gasteiger partial charge in [-0.3, -0.25) is 4.68 Å². The van der Waals surface area contributed by atoms with Crippen LogP contribution in [0, 0.1) is 0 Å². The van der Waals surface area contributed by atoms with Crippen molar-refractivity contribution in [2.45, 2.75) is 84.1 Å². The van der Waals surface area contributed by atoms with Crippen LogP contribution >= 0.6 is 0 Å². The first-order chi connectivity index (χ1) is 10.2. The molecule has 1 aromatic heterocycles. The fourth-order valence-corrected chi connectivity index (χ4v) is 3.06. The highest BCUT2D eigenvalue weighted by molar-refractivity contribution is 5.21. The Morgan fingerprint density at radius 1 is 1.05 bits per heavy atom. The van der Waals surface area contributed by atoms with Crippen LogP contribution in [0.4, 0.5) is 0 Å². The molecular weight excluding hydrogens is 258 g/mol. The first-order valence-corrected chi connectivity index (χ1v) is 8.92. The first-order valence-electron chi connectivity index (χ1n) is 8.92. The third kappa shape index (κ3) is 6.64. The maximum absolute atomic E-state index is 4.56. The van der Waals surface area contributed by atoms with E-state index in [-0.39, 0.29) is 0 Å². The molecule has 1 rings (SSSR count). The number of unbranched alkanes of at least 4 members (excludes halogenated alkanes) is 7. The van der Waals surface area contributed by atoms with Crippen LogP contribution in [0.3, 0.4) is 0 Å². The average Bonchev–Trinajstić information content (AvgIpc) is 2.86.